The average molecular weight is 521 g/mol. The van der Waals surface area contributed by atoms with Crippen LogP contribution in [-0.2, 0) is 22.9 Å². The van der Waals surface area contributed by atoms with Gasteiger partial charge in [0.25, 0.3) is 7.82 Å². The smallest absolute Gasteiger partial charge is 0.776 e. The molecule has 2 heterocycles. The van der Waals surface area contributed by atoms with Gasteiger partial charge in [-0.1, -0.05) is 0 Å². The van der Waals surface area contributed by atoms with Crippen LogP contribution in [0.4, 0.5) is 5.82 Å². The summed E-state index contributed by atoms with van der Waals surface area (Å²) < 4.78 is 37.1. The normalized spacial score (nSPS) is 28.5. The second-order valence-electron chi connectivity index (χ2n) is 6.15. The van der Waals surface area contributed by atoms with Gasteiger partial charge in [-0.2, -0.15) is 4.98 Å². The van der Waals surface area contributed by atoms with Gasteiger partial charge in [0.1, 0.15) is 36.1 Å². The topological polar surface area (TPSA) is 270 Å². The number of aromatic nitrogens is 2. The van der Waals surface area contributed by atoms with Crippen LogP contribution in [-0.4, -0.2) is 78.3 Å². The number of nitrogen functional groups attached to an aromatic ring is 1. The Morgan fingerprint density at radius 2 is 1.88 bits per heavy atom. The zero-order valence-corrected chi connectivity index (χ0v) is 22.7. The molecule has 0 bridgehead atoms. The molecule has 2 rings (SSSR count). The number of anilines is 1. The van der Waals surface area contributed by atoms with Crippen molar-refractivity contribution in [3.8, 4) is 0 Å². The van der Waals surface area contributed by atoms with E-state index in [-0.39, 0.29) is 64.9 Å². The molecule has 32 heavy (non-hydrogen) atoms. The van der Waals surface area contributed by atoms with E-state index in [1.54, 1.807) is 0 Å². The van der Waals surface area contributed by atoms with Gasteiger partial charge in [-0.25, -0.2) is 4.79 Å². The number of aliphatic hydroxyl groups is 4. The first-order valence-corrected chi connectivity index (χ1v) is 11.2. The van der Waals surface area contributed by atoms with Crippen molar-refractivity contribution < 1.29 is 117 Å². The van der Waals surface area contributed by atoms with Crippen LogP contribution < -0.4 is 80.3 Å². The minimum atomic E-state index is -5.80. The summed E-state index contributed by atoms with van der Waals surface area (Å²) in [5, 5.41) is 38.8. The number of hydrogen-bond donors (Lipinski definition) is 6. The minimum Gasteiger partial charge on any atom is -0.776 e. The number of ether oxygens (including phenoxy) is 2. The third kappa shape index (κ3) is 8.45. The summed E-state index contributed by atoms with van der Waals surface area (Å²) in [6, 6.07) is 1.21. The summed E-state index contributed by atoms with van der Waals surface area (Å²) in [7, 11) is -11.5. The molecule has 172 valence electrons. The average Bonchev–Trinajstić information content (AvgIpc) is 2.88. The number of phosphoric acid groups is 1. The summed E-state index contributed by atoms with van der Waals surface area (Å²) >= 11 is 0. The first-order chi connectivity index (χ1) is 13.8. The Kier molecular flexibility index (Phi) is 13.5. The molecule has 0 saturated carbocycles. The number of nitrogens with zero attached hydrogens (tertiary/aromatic N) is 2. The van der Waals surface area contributed by atoms with Gasteiger partial charge in [-0.05, 0) is 6.07 Å². The fourth-order valence-corrected chi connectivity index (χ4v) is 4.91. The Morgan fingerprint density at radius 3 is 2.38 bits per heavy atom. The zero-order valence-electron chi connectivity index (χ0n) is 16.9. The molecule has 0 radical (unpaired) electrons. The number of rotatable bonds is 9. The van der Waals surface area contributed by atoms with Crippen LogP contribution in [0.5, 0.6) is 0 Å². The molecule has 8 atom stereocenters. The van der Waals surface area contributed by atoms with Gasteiger partial charge in [0.2, 0.25) is 0 Å². The molecule has 1 aliphatic rings. The molecule has 0 aromatic carbocycles. The van der Waals surface area contributed by atoms with Crippen LogP contribution in [0.1, 0.15) is 6.23 Å². The van der Waals surface area contributed by atoms with E-state index < -0.39 is 70.8 Å². The minimum absolute atomic E-state index is 0. The van der Waals surface area contributed by atoms with Crippen LogP contribution >= 0.6 is 15.4 Å². The van der Waals surface area contributed by atoms with E-state index in [0.29, 0.717) is 0 Å². The third-order valence-electron chi connectivity index (χ3n) is 3.94. The molecule has 1 aliphatic heterocycles. The molecule has 0 spiro atoms. The van der Waals surface area contributed by atoms with Crippen molar-refractivity contribution >= 4 is 21.2 Å². The van der Waals surface area contributed by atoms with Crippen molar-refractivity contribution in [2.45, 2.75) is 36.5 Å². The molecule has 0 amide bonds. The molecule has 1 aromatic heterocycles. The third-order valence-corrected chi connectivity index (χ3v) is 6.79. The van der Waals surface area contributed by atoms with Gasteiger partial charge in [0, 0.05) is 6.20 Å². The van der Waals surface area contributed by atoms with Gasteiger partial charge in [0.05, 0.1) is 13.2 Å². The van der Waals surface area contributed by atoms with E-state index in [4.69, 9.17) is 25.2 Å². The van der Waals surface area contributed by atoms with Crippen LogP contribution in [0.2, 0.25) is 0 Å². The molecule has 20 heteroatoms. The molecule has 1 fully saturated rings. The van der Waals surface area contributed by atoms with Crippen LogP contribution in [0.3, 0.4) is 0 Å². The van der Waals surface area contributed by atoms with Crippen molar-refractivity contribution in [2.75, 3.05) is 18.9 Å². The van der Waals surface area contributed by atoms with E-state index >= 15 is 0 Å². The van der Waals surface area contributed by atoms with Crippen LogP contribution in [0, 0.1) is 0 Å². The Morgan fingerprint density at radius 1 is 1.28 bits per heavy atom. The quantitative estimate of drug-likeness (QED) is 0.130. The maximum absolute atomic E-state index is 11.9. The van der Waals surface area contributed by atoms with Crippen molar-refractivity contribution in [1.82, 2.24) is 9.55 Å². The molecular weight excluding hydrogens is 502 g/mol. The first kappa shape index (κ1) is 32.7. The SMILES string of the molecule is Nc1ccn([C@@H]2O[C@H](COC(C(O)CO)P(=O)([O-])OP(=O)([O-])O)[C@@H](O)[C@H]2O)c(=O)n1.[Na+].[Na+]. The van der Waals surface area contributed by atoms with E-state index in [2.05, 4.69) is 9.29 Å². The van der Waals surface area contributed by atoms with Gasteiger partial charge in [-0.15, -0.1) is 0 Å². The van der Waals surface area contributed by atoms with Crippen LogP contribution in [0.25, 0.3) is 0 Å². The molecule has 7 N–H and O–H groups in total. The Hall–Kier alpha value is 0.740. The summed E-state index contributed by atoms with van der Waals surface area (Å²) in [4.78, 5) is 46.5. The Labute approximate surface area is 224 Å². The van der Waals surface area contributed by atoms with Crippen molar-refractivity contribution in [2.24, 2.45) is 0 Å². The zero-order chi connectivity index (χ0) is 22.9. The second kappa shape index (κ2) is 13.2. The molecule has 16 nitrogen and oxygen atoms in total. The Balaban J connectivity index is 0.00000480. The predicted molar refractivity (Wildman–Crippen MR) is 90.2 cm³/mol. The van der Waals surface area contributed by atoms with Crippen LogP contribution in [0.15, 0.2) is 17.1 Å². The standard InChI is InChI=1S/C12H21N3O13P2.2Na/c13-7-1-2-15(12(20)14-7)10-9(19)8(18)6(27-10)4-26-11(5(17)3-16)29(21,22)28-30(23,24)25;;/h1-2,5-6,8-11,16-19H,3-4H2,(H,21,22)(H2,13,14,20)(H2,23,24,25);;/q;2*+1/p-2/t5?,6-,8-,9-,10-,11?;;/m1../s1. The largest absolute Gasteiger partial charge is 1.00 e. The van der Waals surface area contributed by atoms with Crippen molar-refractivity contribution in [3.05, 3.63) is 22.7 Å². The first-order valence-electron chi connectivity index (χ1n) is 8.09. The van der Waals surface area contributed by atoms with E-state index in [1.807, 2.05) is 0 Å². The molecular formula is C12H19N3Na2O13P2. The predicted octanol–water partition coefficient (Wildman–Crippen LogP) is -10.8. The number of nitrogens with two attached hydrogens (primary N) is 1. The monoisotopic (exact) mass is 521 g/mol. The fraction of sp³-hybridized carbons (Fsp3) is 0.667. The molecule has 0 aliphatic carbocycles. The van der Waals surface area contributed by atoms with E-state index in [0.717, 1.165) is 10.8 Å². The summed E-state index contributed by atoms with van der Waals surface area (Å²) in [6.07, 6.45) is -7.44. The molecule has 1 saturated heterocycles. The molecule has 4 unspecified atom stereocenters. The van der Waals surface area contributed by atoms with E-state index in [1.165, 1.54) is 6.07 Å². The van der Waals surface area contributed by atoms with Gasteiger partial charge in [-0.3, -0.25) is 13.4 Å². The maximum Gasteiger partial charge on any atom is 1.00 e. The van der Waals surface area contributed by atoms with Gasteiger partial charge < -0.3 is 54.9 Å². The summed E-state index contributed by atoms with van der Waals surface area (Å²) in [5.74, 6) is -2.61. The Bertz CT molecular complexity index is 901. The van der Waals surface area contributed by atoms with Gasteiger partial charge in [0.15, 0.2) is 13.8 Å². The van der Waals surface area contributed by atoms with Crippen molar-refractivity contribution in [3.63, 3.8) is 0 Å². The number of aliphatic hydroxyl groups excluding tert-OH is 4. The number of hydrogen-bond acceptors (Lipinski definition) is 14. The van der Waals surface area contributed by atoms with Gasteiger partial charge >= 0.3 is 64.8 Å². The maximum atomic E-state index is 11.9. The second-order valence-corrected chi connectivity index (χ2v) is 9.33. The molecule has 1 aromatic rings. The van der Waals surface area contributed by atoms with E-state index in [9.17, 15) is 39.0 Å². The fourth-order valence-electron chi connectivity index (χ4n) is 2.60. The van der Waals surface area contributed by atoms with Crippen molar-refractivity contribution in [1.29, 1.82) is 0 Å². The summed E-state index contributed by atoms with van der Waals surface area (Å²) in [6.45, 7) is -2.08. The summed E-state index contributed by atoms with van der Waals surface area (Å²) in [5.41, 5.74) is 4.43.